The molecule has 0 spiro atoms. The molecule has 0 aliphatic heterocycles. The Kier molecular flexibility index (Phi) is 3.84. The molecule has 1 aromatic rings. The first-order valence-corrected chi connectivity index (χ1v) is 3.73. The summed E-state index contributed by atoms with van der Waals surface area (Å²) in [6.45, 7) is 0. The van der Waals surface area contributed by atoms with E-state index in [1.54, 1.807) is 0 Å². The Balaban J connectivity index is 0.000001000. The summed E-state index contributed by atoms with van der Waals surface area (Å²) < 4.78 is 30.5. The fourth-order valence-electron chi connectivity index (χ4n) is 0.415. The molecule has 5 nitrogen and oxygen atoms in total. The van der Waals surface area contributed by atoms with Gasteiger partial charge in [-0.15, -0.1) is 0 Å². The van der Waals surface area contributed by atoms with Gasteiger partial charge in [0.25, 0.3) is 0 Å². The summed E-state index contributed by atoms with van der Waals surface area (Å²) in [5.41, 5.74) is 0. The van der Waals surface area contributed by atoms with Crippen LogP contribution in [0.2, 0.25) is 0 Å². The Morgan fingerprint density at radius 2 is 2.00 bits per heavy atom. The summed E-state index contributed by atoms with van der Waals surface area (Å²) in [6.07, 6.45) is 3.34. The van der Waals surface area contributed by atoms with Crippen LogP contribution in [0.3, 0.4) is 0 Å². The summed E-state index contributed by atoms with van der Waals surface area (Å²) in [5.74, 6) is 0. The van der Waals surface area contributed by atoms with Gasteiger partial charge >= 0.3 is 22.4 Å². The molecule has 0 aliphatic rings. The first-order valence-electron chi connectivity index (χ1n) is 2.32. The van der Waals surface area contributed by atoms with Gasteiger partial charge in [-0.1, -0.05) is 0 Å². The fraction of sp³-hybridized carbons (Fsp3) is 0. The molecule has 64 valence electrons. The van der Waals surface area contributed by atoms with Crippen molar-refractivity contribution in [3.8, 4) is 0 Å². The van der Waals surface area contributed by atoms with E-state index < -0.39 is 15.1 Å². The second-order valence-electron chi connectivity index (χ2n) is 1.50. The Morgan fingerprint density at radius 3 is 2.27 bits per heavy atom. The quantitative estimate of drug-likeness (QED) is 0.500. The minimum absolute atomic E-state index is 0. The average molecular weight is 267 g/mol. The topological polar surface area (TPSA) is 83.0 Å². The number of rotatable bonds is 1. The Morgan fingerprint density at radius 1 is 1.36 bits per heavy atom. The molecule has 1 heterocycles. The summed E-state index contributed by atoms with van der Waals surface area (Å²) in [6, 6.07) is 0. The van der Waals surface area contributed by atoms with Crippen molar-refractivity contribution in [2.45, 2.75) is 5.03 Å². The van der Waals surface area contributed by atoms with E-state index in [0.717, 1.165) is 12.4 Å². The molecule has 1 rings (SSSR count). The molecule has 0 bridgehead atoms. The van der Waals surface area contributed by atoms with Crippen LogP contribution in [0.25, 0.3) is 0 Å². The van der Waals surface area contributed by atoms with E-state index >= 15 is 0 Å². The molecule has 11 heavy (non-hydrogen) atoms. The van der Waals surface area contributed by atoms with Crippen molar-refractivity contribution in [3.63, 3.8) is 0 Å². The minimum Gasteiger partial charge on any atom is -0.743 e. The van der Waals surface area contributed by atoms with Crippen LogP contribution in [0.15, 0.2) is 23.6 Å². The van der Waals surface area contributed by atoms with Crippen LogP contribution < -0.4 is 0 Å². The van der Waals surface area contributed by atoms with Crippen molar-refractivity contribution in [1.29, 1.82) is 0 Å². The molecule has 0 radical (unpaired) electrons. The van der Waals surface area contributed by atoms with Crippen LogP contribution in [0.5, 0.6) is 0 Å². The smallest absolute Gasteiger partial charge is 0.743 e. The molecule has 0 atom stereocenters. The maximum Gasteiger partial charge on any atom is 1.00 e. The normalized spacial score (nSPS) is 10.3. The van der Waals surface area contributed by atoms with E-state index in [1.165, 1.54) is 6.20 Å². The van der Waals surface area contributed by atoms with Crippen molar-refractivity contribution in [1.82, 2.24) is 9.97 Å². The van der Waals surface area contributed by atoms with Crippen LogP contribution >= 0.6 is 0 Å². The van der Waals surface area contributed by atoms with Crippen molar-refractivity contribution in [3.05, 3.63) is 18.6 Å². The molecule has 0 N–H and O–H groups in total. The zero-order chi connectivity index (χ0) is 7.61. The van der Waals surface area contributed by atoms with E-state index in [-0.39, 0.29) is 22.4 Å². The molecule has 7 heteroatoms. The zero-order valence-electron chi connectivity index (χ0n) is 5.06. The molecule has 0 aliphatic carbocycles. The third-order valence-electron chi connectivity index (χ3n) is 0.796. The number of nitrogens with zero attached hydrogens (tertiary/aromatic N) is 2. The minimum atomic E-state index is -4.43. The van der Waals surface area contributed by atoms with E-state index in [9.17, 15) is 13.0 Å². The summed E-state index contributed by atoms with van der Waals surface area (Å²) in [7, 11) is -4.43. The van der Waals surface area contributed by atoms with Crippen LogP contribution in [0.4, 0.5) is 0 Å². The molecule has 1 aromatic heterocycles. The maximum absolute atomic E-state index is 10.2. The Hall–Kier alpha value is -0.270. The van der Waals surface area contributed by atoms with Crippen molar-refractivity contribution in [2.24, 2.45) is 0 Å². The van der Waals surface area contributed by atoms with E-state index in [2.05, 4.69) is 9.97 Å². The molecular formula is C4H3AgN2O3S. The first kappa shape index (κ1) is 10.7. The summed E-state index contributed by atoms with van der Waals surface area (Å²) >= 11 is 0. The largest absolute Gasteiger partial charge is 1.00 e. The summed E-state index contributed by atoms with van der Waals surface area (Å²) in [4.78, 5) is 6.70. The zero-order valence-corrected chi connectivity index (χ0v) is 7.36. The van der Waals surface area contributed by atoms with Gasteiger partial charge in [0.1, 0.15) is 10.1 Å². The van der Waals surface area contributed by atoms with Gasteiger partial charge in [0.15, 0.2) is 5.03 Å². The van der Waals surface area contributed by atoms with Gasteiger partial charge in [-0.05, 0) is 0 Å². The van der Waals surface area contributed by atoms with Crippen molar-refractivity contribution in [2.75, 3.05) is 0 Å². The van der Waals surface area contributed by atoms with Gasteiger partial charge in [0, 0.05) is 12.4 Å². The van der Waals surface area contributed by atoms with Crippen LogP contribution in [-0.2, 0) is 32.5 Å². The standard InChI is InChI=1S/C4H4N2O3S.Ag/c7-10(8,9)4-3-5-1-2-6-4;/h1-3H,(H,7,8,9);/q;+1/p-1. The molecule has 0 fully saturated rings. The van der Waals surface area contributed by atoms with Crippen LogP contribution in [0.1, 0.15) is 0 Å². The van der Waals surface area contributed by atoms with Gasteiger partial charge in [-0.2, -0.15) is 0 Å². The second-order valence-corrected chi connectivity index (χ2v) is 2.82. The van der Waals surface area contributed by atoms with E-state index in [0.29, 0.717) is 0 Å². The van der Waals surface area contributed by atoms with Gasteiger partial charge in [-0.25, -0.2) is 13.4 Å². The SMILES string of the molecule is O=S(=O)([O-])c1cnccn1.[Ag+]. The van der Waals surface area contributed by atoms with E-state index in [1.807, 2.05) is 0 Å². The number of aromatic nitrogens is 2. The molecule has 0 aromatic carbocycles. The Labute approximate surface area is 79.1 Å². The third-order valence-corrected chi connectivity index (χ3v) is 1.52. The predicted octanol–water partition coefficient (Wildman–Crippen LogP) is -0.622. The van der Waals surface area contributed by atoms with Crippen LogP contribution in [-0.4, -0.2) is 22.9 Å². The number of hydrogen-bond acceptors (Lipinski definition) is 5. The predicted molar refractivity (Wildman–Crippen MR) is 30.0 cm³/mol. The monoisotopic (exact) mass is 266 g/mol. The molecular weight excluding hydrogens is 264 g/mol. The first-order chi connectivity index (χ1) is 4.61. The number of hydrogen-bond donors (Lipinski definition) is 0. The molecule has 0 saturated carbocycles. The van der Waals surface area contributed by atoms with Crippen LogP contribution in [0, 0.1) is 0 Å². The maximum atomic E-state index is 10.2. The third kappa shape index (κ3) is 3.08. The van der Waals surface area contributed by atoms with Gasteiger partial charge in [-0.3, -0.25) is 4.98 Å². The Bertz CT molecular complexity index is 311. The molecule has 0 saturated heterocycles. The summed E-state index contributed by atoms with van der Waals surface area (Å²) in [5, 5.41) is -0.546. The average Bonchev–Trinajstić information content (AvgIpc) is 1.88. The van der Waals surface area contributed by atoms with Crippen molar-refractivity contribution < 1.29 is 35.4 Å². The molecule has 0 unspecified atom stereocenters. The van der Waals surface area contributed by atoms with Gasteiger partial charge in [0.05, 0.1) is 6.20 Å². The molecule has 0 amide bonds. The van der Waals surface area contributed by atoms with Crippen molar-refractivity contribution >= 4 is 10.1 Å². The fourth-order valence-corrected chi connectivity index (χ4v) is 0.794. The van der Waals surface area contributed by atoms with Gasteiger partial charge < -0.3 is 4.55 Å². The van der Waals surface area contributed by atoms with E-state index in [4.69, 9.17) is 0 Å². The second kappa shape index (κ2) is 3.93. The van der Waals surface area contributed by atoms with Gasteiger partial charge in [0.2, 0.25) is 0 Å².